The molecule has 2 saturated heterocycles. The Hall–Kier alpha value is -0.840. The highest BCUT2D eigenvalue weighted by Gasteiger charge is 2.42. The lowest BCUT2D eigenvalue weighted by molar-refractivity contribution is 0.0141. The zero-order valence-electron chi connectivity index (χ0n) is 9.65. The Kier molecular flexibility index (Phi) is 2.50. The van der Waals surface area contributed by atoms with E-state index in [9.17, 15) is 0 Å². The molecule has 0 aromatic carbocycles. The molecular formula is C12H19N3O. The van der Waals surface area contributed by atoms with Crippen LogP contribution in [0.3, 0.4) is 0 Å². The Morgan fingerprint density at radius 3 is 3.06 bits per heavy atom. The van der Waals surface area contributed by atoms with Gasteiger partial charge in [0.2, 0.25) is 0 Å². The van der Waals surface area contributed by atoms with Crippen LogP contribution in [-0.2, 0) is 4.74 Å². The highest BCUT2D eigenvalue weighted by atomic mass is 16.5. The van der Waals surface area contributed by atoms with Crippen LogP contribution >= 0.6 is 0 Å². The monoisotopic (exact) mass is 221 g/mol. The summed E-state index contributed by atoms with van der Waals surface area (Å²) in [4.78, 5) is 2.45. The molecule has 3 aliphatic heterocycles. The van der Waals surface area contributed by atoms with Gasteiger partial charge in [-0.1, -0.05) is 6.08 Å². The molecule has 3 unspecified atom stereocenters. The molecule has 3 rings (SSSR count). The fraction of sp³-hybridized carbons (Fsp3) is 0.667. The molecule has 0 radical (unpaired) electrons. The second-order valence-electron chi connectivity index (χ2n) is 4.88. The first-order valence-corrected chi connectivity index (χ1v) is 6.00. The van der Waals surface area contributed by atoms with Gasteiger partial charge in [0.25, 0.3) is 0 Å². The van der Waals surface area contributed by atoms with Crippen LogP contribution in [0.2, 0.25) is 0 Å². The second-order valence-corrected chi connectivity index (χ2v) is 4.88. The lowest BCUT2D eigenvalue weighted by atomic mass is 10.1. The Bertz CT molecular complexity index is 314. The first-order chi connectivity index (χ1) is 7.78. The quantitative estimate of drug-likeness (QED) is 0.656. The van der Waals surface area contributed by atoms with Crippen molar-refractivity contribution in [3.63, 3.8) is 0 Å². The molecule has 3 aliphatic rings. The van der Waals surface area contributed by atoms with Crippen molar-refractivity contribution >= 4 is 0 Å². The highest BCUT2D eigenvalue weighted by Crippen LogP contribution is 2.25. The van der Waals surface area contributed by atoms with E-state index < -0.39 is 0 Å². The van der Waals surface area contributed by atoms with Gasteiger partial charge in [-0.3, -0.25) is 4.90 Å². The molecule has 4 nitrogen and oxygen atoms in total. The summed E-state index contributed by atoms with van der Waals surface area (Å²) < 4.78 is 5.79. The minimum Gasteiger partial charge on any atom is -0.374 e. The van der Waals surface area contributed by atoms with Crippen LogP contribution in [0.1, 0.15) is 6.92 Å². The number of rotatable bonds is 1. The van der Waals surface area contributed by atoms with Crippen LogP contribution in [-0.4, -0.2) is 48.9 Å². The van der Waals surface area contributed by atoms with Crippen LogP contribution in [0.25, 0.3) is 0 Å². The summed E-state index contributed by atoms with van der Waals surface area (Å²) in [5.41, 5.74) is -0.0584. The number of hydrogen-bond donors (Lipinski definition) is 2. The molecule has 0 aromatic heterocycles. The van der Waals surface area contributed by atoms with E-state index in [1.807, 2.05) is 12.3 Å². The van der Waals surface area contributed by atoms with Gasteiger partial charge in [-0.25, -0.2) is 0 Å². The summed E-state index contributed by atoms with van der Waals surface area (Å²) in [6, 6.07) is 0.492. The molecule has 2 fully saturated rings. The molecule has 0 saturated carbocycles. The number of dihydropyridines is 1. The van der Waals surface area contributed by atoms with Gasteiger partial charge in [0.05, 0.1) is 12.7 Å². The molecule has 3 atom stereocenters. The van der Waals surface area contributed by atoms with Crippen molar-refractivity contribution in [2.24, 2.45) is 0 Å². The van der Waals surface area contributed by atoms with Crippen LogP contribution in [0.5, 0.6) is 0 Å². The number of ether oxygens (including phenoxy) is 1. The maximum atomic E-state index is 5.79. The van der Waals surface area contributed by atoms with Gasteiger partial charge in [0.1, 0.15) is 5.66 Å². The molecule has 88 valence electrons. The number of allylic oxidation sites excluding steroid dienone is 2. The Balaban J connectivity index is 1.72. The van der Waals surface area contributed by atoms with E-state index in [4.69, 9.17) is 4.74 Å². The number of nitrogens with one attached hydrogen (secondary N) is 2. The fourth-order valence-electron chi connectivity index (χ4n) is 2.73. The average molecular weight is 221 g/mol. The summed E-state index contributed by atoms with van der Waals surface area (Å²) in [6.07, 6.45) is 8.71. The first-order valence-electron chi connectivity index (χ1n) is 6.00. The van der Waals surface area contributed by atoms with Crippen molar-refractivity contribution in [1.82, 2.24) is 15.5 Å². The molecule has 0 aromatic rings. The number of fused-ring (bicyclic) bond motifs is 1. The Morgan fingerprint density at radius 2 is 2.31 bits per heavy atom. The Morgan fingerprint density at radius 1 is 1.38 bits per heavy atom. The number of nitrogens with zero attached hydrogens (tertiary/aromatic N) is 1. The maximum Gasteiger partial charge on any atom is 0.107 e. The van der Waals surface area contributed by atoms with Crippen molar-refractivity contribution in [2.75, 3.05) is 26.2 Å². The molecule has 4 heteroatoms. The van der Waals surface area contributed by atoms with E-state index in [0.29, 0.717) is 12.1 Å². The van der Waals surface area contributed by atoms with E-state index in [0.717, 1.165) is 26.2 Å². The molecule has 0 aliphatic carbocycles. The molecule has 0 spiro atoms. The summed E-state index contributed by atoms with van der Waals surface area (Å²) in [5.74, 6) is 0. The predicted molar refractivity (Wildman–Crippen MR) is 62.9 cm³/mol. The molecule has 0 bridgehead atoms. The van der Waals surface area contributed by atoms with E-state index >= 15 is 0 Å². The second kappa shape index (κ2) is 3.87. The normalized spacial score (nSPS) is 43.1. The van der Waals surface area contributed by atoms with Gasteiger partial charge in [-0.2, -0.15) is 0 Å². The largest absolute Gasteiger partial charge is 0.374 e. The number of morpholine rings is 1. The zero-order valence-corrected chi connectivity index (χ0v) is 9.65. The van der Waals surface area contributed by atoms with Crippen LogP contribution < -0.4 is 10.6 Å². The van der Waals surface area contributed by atoms with Gasteiger partial charge in [-0.05, 0) is 25.3 Å². The van der Waals surface area contributed by atoms with Crippen molar-refractivity contribution < 1.29 is 4.74 Å². The van der Waals surface area contributed by atoms with E-state index in [2.05, 4.69) is 34.6 Å². The van der Waals surface area contributed by atoms with Crippen molar-refractivity contribution in [1.29, 1.82) is 0 Å². The third-order valence-corrected chi connectivity index (χ3v) is 3.77. The third-order valence-electron chi connectivity index (χ3n) is 3.77. The predicted octanol–water partition coefficient (Wildman–Crippen LogP) is 0.0483. The fourth-order valence-corrected chi connectivity index (χ4v) is 2.73. The smallest absolute Gasteiger partial charge is 0.107 e. The van der Waals surface area contributed by atoms with Crippen molar-refractivity contribution in [2.45, 2.75) is 24.7 Å². The molecule has 16 heavy (non-hydrogen) atoms. The van der Waals surface area contributed by atoms with Crippen LogP contribution in [0, 0.1) is 0 Å². The molecule has 2 N–H and O–H groups in total. The maximum absolute atomic E-state index is 5.79. The topological polar surface area (TPSA) is 36.5 Å². The van der Waals surface area contributed by atoms with Crippen LogP contribution in [0.15, 0.2) is 24.4 Å². The minimum absolute atomic E-state index is 0.0584. The standard InChI is InChI=1S/C12H19N3O/c1-12(4-2-3-5-14-12)15-8-10-11(9-15)16-7-6-13-10/h2-5,10-11,13-14H,6-9H2,1H3. The Labute approximate surface area is 96.3 Å². The highest BCUT2D eigenvalue weighted by molar-refractivity contribution is 5.19. The van der Waals surface area contributed by atoms with Gasteiger partial charge in [0, 0.05) is 25.7 Å². The van der Waals surface area contributed by atoms with Gasteiger partial charge in [0.15, 0.2) is 0 Å². The number of likely N-dealkylation sites (tertiary alicyclic amines) is 1. The summed E-state index contributed by atoms with van der Waals surface area (Å²) in [7, 11) is 0. The van der Waals surface area contributed by atoms with Gasteiger partial charge >= 0.3 is 0 Å². The van der Waals surface area contributed by atoms with Crippen molar-refractivity contribution in [3.05, 3.63) is 24.4 Å². The summed E-state index contributed by atoms with van der Waals surface area (Å²) in [5, 5.41) is 6.95. The molecule has 3 heterocycles. The van der Waals surface area contributed by atoms with E-state index in [1.54, 1.807) is 0 Å². The van der Waals surface area contributed by atoms with Crippen molar-refractivity contribution in [3.8, 4) is 0 Å². The van der Waals surface area contributed by atoms with Crippen LogP contribution in [0.4, 0.5) is 0 Å². The van der Waals surface area contributed by atoms with Gasteiger partial charge < -0.3 is 15.4 Å². The summed E-state index contributed by atoms with van der Waals surface area (Å²) >= 11 is 0. The molecular weight excluding hydrogens is 202 g/mol. The summed E-state index contributed by atoms with van der Waals surface area (Å²) in [6.45, 7) is 6.08. The zero-order chi connectivity index (χ0) is 11.0. The van der Waals surface area contributed by atoms with E-state index in [1.165, 1.54) is 0 Å². The lowest BCUT2D eigenvalue weighted by Crippen LogP contribution is -2.54. The SMILES string of the molecule is CC1(N2CC3NCCOC3C2)C=CC=CN1. The van der Waals surface area contributed by atoms with Gasteiger partial charge in [-0.15, -0.1) is 0 Å². The average Bonchev–Trinajstić information content (AvgIpc) is 2.74. The first kappa shape index (κ1) is 10.3. The lowest BCUT2D eigenvalue weighted by Gasteiger charge is -2.38. The van der Waals surface area contributed by atoms with E-state index in [-0.39, 0.29) is 5.66 Å². The molecule has 0 amide bonds. The number of hydrogen-bond acceptors (Lipinski definition) is 4. The third kappa shape index (κ3) is 1.67. The minimum atomic E-state index is -0.0584.